The lowest BCUT2D eigenvalue weighted by Gasteiger charge is -2.15. The van der Waals surface area contributed by atoms with Crippen LogP contribution in [-0.2, 0) is 11.2 Å². The van der Waals surface area contributed by atoms with Gasteiger partial charge in [-0.1, -0.05) is 24.3 Å². The van der Waals surface area contributed by atoms with Crippen molar-refractivity contribution in [3.63, 3.8) is 0 Å². The van der Waals surface area contributed by atoms with Crippen molar-refractivity contribution in [3.8, 4) is 0 Å². The van der Waals surface area contributed by atoms with Gasteiger partial charge in [0.1, 0.15) is 6.17 Å². The van der Waals surface area contributed by atoms with Crippen LogP contribution < -0.4 is 0 Å². The number of carboxylic acids is 1. The van der Waals surface area contributed by atoms with E-state index in [1.165, 1.54) is 0 Å². The molecule has 1 aromatic rings. The van der Waals surface area contributed by atoms with Gasteiger partial charge in [-0.3, -0.25) is 4.79 Å². The van der Waals surface area contributed by atoms with Gasteiger partial charge in [0.05, 0.1) is 6.42 Å². The molecule has 1 N–H and O–H groups in total. The summed E-state index contributed by atoms with van der Waals surface area (Å²) in [5.74, 6) is -0.160. The van der Waals surface area contributed by atoms with Crippen LogP contribution in [0.25, 0.3) is 0 Å². The summed E-state index contributed by atoms with van der Waals surface area (Å²) < 4.78 is 13.0. The number of rotatable bonds is 6. The first-order valence-corrected chi connectivity index (χ1v) is 6.51. The van der Waals surface area contributed by atoms with Gasteiger partial charge >= 0.3 is 5.97 Å². The Balaban J connectivity index is 2.16. The van der Waals surface area contributed by atoms with Gasteiger partial charge in [0, 0.05) is 6.42 Å². The summed E-state index contributed by atoms with van der Waals surface area (Å²) in [7, 11) is 0. The topological polar surface area (TPSA) is 37.3 Å². The molecular weight excluding hydrogens is 231 g/mol. The zero-order chi connectivity index (χ0) is 13.1. The fraction of sp³-hybridized carbons (Fsp3) is 0.533. The number of carboxylic acid groups (broad SMARTS) is 1. The lowest BCUT2D eigenvalue weighted by molar-refractivity contribution is -0.137. The van der Waals surface area contributed by atoms with Crippen LogP contribution in [0.15, 0.2) is 24.3 Å². The monoisotopic (exact) mass is 250 g/mol. The van der Waals surface area contributed by atoms with Gasteiger partial charge < -0.3 is 5.11 Å². The van der Waals surface area contributed by atoms with Crippen LogP contribution >= 0.6 is 0 Å². The normalized spacial score (nSPS) is 18.3. The Hall–Kier alpha value is -1.38. The van der Waals surface area contributed by atoms with Crippen LogP contribution in [0.3, 0.4) is 0 Å². The van der Waals surface area contributed by atoms with Crippen LogP contribution in [0.4, 0.5) is 4.39 Å². The van der Waals surface area contributed by atoms with Crippen LogP contribution in [0.2, 0.25) is 0 Å². The quantitative estimate of drug-likeness (QED) is 0.838. The van der Waals surface area contributed by atoms with Crippen molar-refractivity contribution in [1.29, 1.82) is 0 Å². The molecular formula is C15H19FO2. The average Bonchev–Trinajstić information content (AvgIpc) is 3.09. The molecule has 2 rings (SSSR count). The first-order valence-electron chi connectivity index (χ1n) is 6.51. The first-order chi connectivity index (χ1) is 8.56. The van der Waals surface area contributed by atoms with Gasteiger partial charge in [-0.15, -0.1) is 0 Å². The third-order valence-corrected chi connectivity index (χ3v) is 3.48. The number of benzene rings is 1. The van der Waals surface area contributed by atoms with Gasteiger partial charge in [-0.05, 0) is 42.7 Å². The van der Waals surface area contributed by atoms with Crippen molar-refractivity contribution in [2.45, 2.75) is 44.7 Å². The molecule has 0 spiro atoms. The third-order valence-electron chi connectivity index (χ3n) is 3.48. The Morgan fingerprint density at radius 2 is 2.22 bits per heavy atom. The highest BCUT2D eigenvalue weighted by Gasteiger charge is 2.33. The fourth-order valence-electron chi connectivity index (χ4n) is 2.52. The van der Waals surface area contributed by atoms with E-state index in [0.29, 0.717) is 12.3 Å². The number of hydrogen-bond acceptors (Lipinski definition) is 1. The molecule has 98 valence electrons. The second kappa shape index (κ2) is 5.51. The SMILES string of the molecule is CC(F)Cc1cccc(C(CC(=O)O)C2CC2)c1. The van der Waals surface area contributed by atoms with E-state index in [1.807, 2.05) is 24.3 Å². The van der Waals surface area contributed by atoms with Gasteiger partial charge in [-0.2, -0.15) is 0 Å². The average molecular weight is 250 g/mol. The van der Waals surface area contributed by atoms with Crippen LogP contribution in [0.5, 0.6) is 0 Å². The van der Waals surface area contributed by atoms with E-state index in [0.717, 1.165) is 24.0 Å². The maximum absolute atomic E-state index is 13.0. The summed E-state index contributed by atoms with van der Waals surface area (Å²) in [6.45, 7) is 1.54. The number of halogens is 1. The number of alkyl halides is 1. The van der Waals surface area contributed by atoms with Gasteiger partial charge in [-0.25, -0.2) is 4.39 Å². The van der Waals surface area contributed by atoms with Crippen LogP contribution in [0, 0.1) is 5.92 Å². The molecule has 1 aromatic carbocycles. The van der Waals surface area contributed by atoms with Crippen molar-refractivity contribution in [2.24, 2.45) is 5.92 Å². The molecule has 0 saturated heterocycles. The van der Waals surface area contributed by atoms with Crippen molar-refractivity contribution in [1.82, 2.24) is 0 Å². The van der Waals surface area contributed by atoms with Crippen molar-refractivity contribution in [3.05, 3.63) is 35.4 Å². The maximum atomic E-state index is 13.0. The zero-order valence-electron chi connectivity index (χ0n) is 10.6. The molecule has 2 nitrogen and oxygen atoms in total. The first kappa shape index (κ1) is 13.1. The van der Waals surface area contributed by atoms with Crippen LogP contribution in [0.1, 0.15) is 43.2 Å². The summed E-state index contributed by atoms with van der Waals surface area (Å²) in [5.41, 5.74) is 2.01. The molecule has 1 aliphatic carbocycles. The Labute approximate surface area is 107 Å². The molecule has 0 aromatic heterocycles. The molecule has 1 fully saturated rings. The Bertz CT molecular complexity index is 424. The number of aliphatic carboxylic acids is 1. The second-order valence-corrected chi connectivity index (χ2v) is 5.27. The number of hydrogen-bond donors (Lipinski definition) is 1. The largest absolute Gasteiger partial charge is 0.481 e. The lowest BCUT2D eigenvalue weighted by Crippen LogP contribution is -2.09. The third kappa shape index (κ3) is 3.56. The molecule has 1 aliphatic rings. The molecule has 0 radical (unpaired) electrons. The zero-order valence-corrected chi connectivity index (χ0v) is 10.6. The predicted octanol–water partition coefficient (Wildman–Crippen LogP) is 3.56. The molecule has 1 saturated carbocycles. The highest BCUT2D eigenvalue weighted by Crippen LogP contribution is 2.44. The summed E-state index contributed by atoms with van der Waals surface area (Å²) in [5, 5.41) is 8.98. The molecule has 0 heterocycles. The van der Waals surface area contributed by atoms with E-state index in [4.69, 9.17) is 5.11 Å². The van der Waals surface area contributed by atoms with E-state index < -0.39 is 12.1 Å². The van der Waals surface area contributed by atoms with E-state index in [2.05, 4.69) is 0 Å². The minimum absolute atomic E-state index is 0.0948. The molecule has 0 amide bonds. The second-order valence-electron chi connectivity index (χ2n) is 5.27. The summed E-state index contributed by atoms with van der Waals surface area (Å²) in [6, 6.07) is 7.76. The summed E-state index contributed by atoms with van der Waals surface area (Å²) in [4.78, 5) is 10.9. The molecule has 0 aliphatic heterocycles. The van der Waals surface area contributed by atoms with Gasteiger partial charge in [0.2, 0.25) is 0 Å². The molecule has 2 unspecified atom stereocenters. The van der Waals surface area contributed by atoms with Crippen molar-refractivity contribution < 1.29 is 14.3 Å². The van der Waals surface area contributed by atoms with E-state index in [1.54, 1.807) is 6.92 Å². The summed E-state index contributed by atoms with van der Waals surface area (Å²) >= 11 is 0. The Kier molecular flexibility index (Phi) is 4.00. The number of carbonyl (C=O) groups is 1. The predicted molar refractivity (Wildman–Crippen MR) is 68.4 cm³/mol. The molecule has 2 atom stereocenters. The minimum Gasteiger partial charge on any atom is -0.481 e. The standard InChI is InChI=1S/C15H19FO2/c1-10(16)7-11-3-2-4-13(8-11)14(9-15(17)18)12-5-6-12/h2-4,8,10,12,14H,5-7,9H2,1H3,(H,17,18). The smallest absolute Gasteiger partial charge is 0.303 e. The highest BCUT2D eigenvalue weighted by molar-refractivity contribution is 5.68. The molecule has 0 bridgehead atoms. The fourth-order valence-corrected chi connectivity index (χ4v) is 2.52. The van der Waals surface area contributed by atoms with Crippen LogP contribution in [-0.4, -0.2) is 17.2 Å². The van der Waals surface area contributed by atoms with E-state index >= 15 is 0 Å². The lowest BCUT2D eigenvalue weighted by atomic mass is 9.89. The maximum Gasteiger partial charge on any atom is 0.303 e. The highest BCUT2D eigenvalue weighted by atomic mass is 19.1. The van der Waals surface area contributed by atoms with E-state index in [9.17, 15) is 9.18 Å². The van der Waals surface area contributed by atoms with E-state index in [-0.39, 0.29) is 12.3 Å². The Morgan fingerprint density at radius 1 is 1.50 bits per heavy atom. The Morgan fingerprint density at radius 3 is 2.78 bits per heavy atom. The molecule has 3 heteroatoms. The van der Waals surface area contributed by atoms with Gasteiger partial charge in [0.15, 0.2) is 0 Å². The minimum atomic E-state index is -0.862. The molecule has 18 heavy (non-hydrogen) atoms. The van der Waals surface area contributed by atoms with Crippen molar-refractivity contribution in [2.75, 3.05) is 0 Å². The van der Waals surface area contributed by atoms with Crippen molar-refractivity contribution >= 4 is 5.97 Å². The van der Waals surface area contributed by atoms with Gasteiger partial charge in [0.25, 0.3) is 0 Å². The summed E-state index contributed by atoms with van der Waals surface area (Å²) in [6.07, 6.45) is 1.94.